The predicted octanol–water partition coefficient (Wildman–Crippen LogP) is 3.46. The van der Waals surface area contributed by atoms with Crippen molar-refractivity contribution in [3.05, 3.63) is 119 Å². The zero-order valence-corrected chi connectivity index (χ0v) is 20.4. The normalized spacial score (nSPS) is 14.1. The summed E-state index contributed by atoms with van der Waals surface area (Å²) < 4.78 is 6.15. The summed E-state index contributed by atoms with van der Waals surface area (Å²) in [7, 11) is 0. The molecule has 2 atom stereocenters. The number of carbonyl (C=O) groups is 4. The van der Waals surface area contributed by atoms with Crippen molar-refractivity contribution in [2.45, 2.75) is 24.5 Å². The van der Waals surface area contributed by atoms with Crippen molar-refractivity contribution >= 4 is 23.9 Å². The number of carbonyl (C=O) groups excluding carboxylic acids is 1. The SMILES string of the molecule is CC(=CC(C(=O)O)C(O)(CC(=O)O)C(=O)O)C(=O)OC(c1ccccc1)(c1ccccc1)c1ccccc1. The summed E-state index contributed by atoms with van der Waals surface area (Å²) in [6.45, 7) is 1.20. The molecule has 0 fully saturated rings. The Morgan fingerprint density at radius 2 is 1.16 bits per heavy atom. The molecular weight excluding hydrogens is 492 g/mol. The standard InChI is InChI=1S/C29H26O9/c1-19(17-23(25(32)33)28(37,27(35)36)18-24(30)31)26(34)38-29(20-11-5-2-6-12-20,21-13-7-3-8-14-21)22-15-9-4-10-16-22/h2-17,23,37H,18H2,1H3,(H,30,31)(H,32,33)(H,35,36). The number of esters is 1. The molecule has 0 aliphatic heterocycles. The molecule has 0 aromatic heterocycles. The summed E-state index contributed by atoms with van der Waals surface area (Å²) in [5.41, 5.74) is -3.29. The molecule has 0 saturated carbocycles. The number of benzene rings is 3. The van der Waals surface area contributed by atoms with Gasteiger partial charge >= 0.3 is 23.9 Å². The van der Waals surface area contributed by atoms with Gasteiger partial charge in [0.25, 0.3) is 0 Å². The van der Waals surface area contributed by atoms with Gasteiger partial charge in [-0.1, -0.05) is 97.1 Å². The molecular formula is C29H26O9. The zero-order chi connectivity index (χ0) is 27.9. The minimum absolute atomic E-state index is 0.338. The second kappa shape index (κ2) is 11.5. The highest BCUT2D eigenvalue weighted by atomic mass is 16.6. The van der Waals surface area contributed by atoms with Crippen LogP contribution in [0, 0.1) is 5.92 Å². The van der Waals surface area contributed by atoms with E-state index in [9.17, 15) is 34.5 Å². The van der Waals surface area contributed by atoms with Crippen molar-refractivity contribution in [3.63, 3.8) is 0 Å². The summed E-state index contributed by atoms with van der Waals surface area (Å²) in [6.07, 6.45) is -0.701. The Balaban J connectivity index is 2.17. The Morgan fingerprint density at radius 3 is 1.47 bits per heavy atom. The van der Waals surface area contributed by atoms with Crippen molar-refractivity contribution in [1.82, 2.24) is 0 Å². The Morgan fingerprint density at radius 1 is 0.763 bits per heavy atom. The third-order valence-corrected chi connectivity index (χ3v) is 6.10. The van der Waals surface area contributed by atoms with Gasteiger partial charge < -0.3 is 25.2 Å². The van der Waals surface area contributed by atoms with Crippen LogP contribution in [0.1, 0.15) is 30.0 Å². The fraction of sp³-hybridized carbons (Fsp3) is 0.172. The number of carboxylic acids is 3. The Kier molecular flexibility index (Phi) is 8.44. The van der Waals surface area contributed by atoms with Gasteiger partial charge in [0.15, 0.2) is 11.2 Å². The Bertz CT molecular complexity index is 1240. The van der Waals surface area contributed by atoms with E-state index in [1.165, 1.54) is 6.92 Å². The number of rotatable bonds is 11. The summed E-state index contributed by atoms with van der Waals surface area (Å²) in [6, 6.07) is 26.6. The van der Waals surface area contributed by atoms with E-state index in [-0.39, 0.29) is 5.57 Å². The molecule has 9 nitrogen and oxygen atoms in total. The van der Waals surface area contributed by atoms with Crippen LogP contribution in [-0.4, -0.2) is 49.9 Å². The monoisotopic (exact) mass is 518 g/mol. The van der Waals surface area contributed by atoms with Crippen molar-refractivity contribution in [2.75, 3.05) is 0 Å². The number of ether oxygens (including phenoxy) is 1. The van der Waals surface area contributed by atoms with E-state index >= 15 is 0 Å². The molecule has 196 valence electrons. The van der Waals surface area contributed by atoms with Crippen LogP contribution in [0.2, 0.25) is 0 Å². The maximum atomic E-state index is 13.5. The van der Waals surface area contributed by atoms with Gasteiger partial charge in [-0.15, -0.1) is 0 Å². The molecule has 0 radical (unpaired) electrons. The fourth-order valence-corrected chi connectivity index (χ4v) is 4.20. The highest BCUT2D eigenvalue weighted by Gasteiger charge is 2.49. The van der Waals surface area contributed by atoms with Crippen LogP contribution < -0.4 is 0 Å². The average Bonchev–Trinajstić information content (AvgIpc) is 2.90. The van der Waals surface area contributed by atoms with Gasteiger partial charge in [-0.2, -0.15) is 0 Å². The van der Waals surface area contributed by atoms with E-state index in [1.54, 1.807) is 91.0 Å². The lowest BCUT2D eigenvalue weighted by Gasteiger charge is -2.35. The van der Waals surface area contributed by atoms with Crippen LogP contribution in [0.3, 0.4) is 0 Å². The third-order valence-electron chi connectivity index (χ3n) is 6.10. The molecule has 0 bridgehead atoms. The lowest BCUT2D eigenvalue weighted by Crippen LogP contribution is -2.50. The molecule has 0 amide bonds. The summed E-state index contributed by atoms with van der Waals surface area (Å²) in [5, 5.41) is 38.7. The third kappa shape index (κ3) is 5.63. The second-order valence-electron chi connectivity index (χ2n) is 8.63. The first-order valence-corrected chi connectivity index (χ1v) is 11.5. The van der Waals surface area contributed by atoms with E-state index < -0.39 is 47.4 Å². The number of hydrogen-bond donors (Lipinski definition) is 4. The van der Waals surface area contributed by atoms with Crippen LogP contribution in [0.4, 0.5) is 0 Å². The van der Waals surface area contributed by atoms with Gasteiger partial charge in [-0.05, 0) is 6.92 Å². The first kappa shape index (κ1) is 27.8. The number of carboxylic acid groups (broad SMARTS) is 3. The quantitative estimate of drug-likeness (QED) is 0.169. The minimum Gasteiger partial charge on any atom is -0.481 e. The molecule has 9 heteroatoms. The van der Waals surface area contributed by atoms with E-state index in [4.69, 9.17) is 9.84 Å². The summed E-state index contributed by atoms with van der Waals surface area (Å²) >= 11 is 0. The molecule has 3 aromatic rings. The van der Waals surface area contributed by atoms with Gasteiger partial charge in [-0.25, -0.2) is 9.59 Å². The summed E-state index contributed by atoms with van der Waals surface area (Å²) in [4.78, 5) is 48.4. The van der Waals surface area contributed by atoms with E-state index in [1.807, 2.05) is 0 Å². The van der Waals surface area contributed by atoms with Gasteiger partial charge in [0, 0.05) is 22.3 Å². The number of hydrogen-bond acceptors (Lipinski definition) is 6. The highest BCUT2D eigenvalue weighted by Crippen LogP contribution is 2.41. The minimum atomic E-state index is -3.21. The molecule has 0 spiro atoms. The smallest absolute Gasteiger partial charge is 0.337 e. The Labute approximate surface area is 218 Å². The molecule has 0 aliphatic carbocycles. The molecule has 4 N–H and O–H groups in total. The number of aliphatic hydroxyl groups is 1. The second-order valence-corrected chi connectivity index (χ2v) is 8.63. The van der Waals surface area contributed by atoms with Gasteiger partial charge in [-0.3, -0.25) is 9.59 Å². The molecule has 0 heterocycles. The topological polar surface area (TPSA) is 158 Å². The molecule has 3 rings (SSSR count). The first-order valence-electron chi connectivity index (χ1n) is 11.5. The fourth-order valence-electron chi connectivity index (χ4n) is 4.20. The van der Waals surface area contributed by atoms with Gasteiger partial charge in [0.05, 0.1) is 6.42 Å². The van der Waals surface area contributed by atoms with Crippen LogP contribution in [-0.2, 0) is 29.5 Å². The van der Waals surface area contributed by atoms with Crippen LogP contribution in [0.15, 0.2) is 103 Å². The maximum absolute atomic E-state index is 13.5. The average molecular weight is 519 g/mol. The van der Waals surface area contributed by atoms with Crippen molar-refractivity contribution < 1.29 is 44.3 Å². The van der Waals surface area contributed by atoms with Gasteiger partial charge in [0.1, 0.15) is 5.92 Å². The number of aliphatic carboxylic acids is 3. The molecule has 38 heavy (non-hydrogen) atoms. The van der Waals surface area contributed by atoms with Crippen LogP contribution >= 0.6 is 0 Å². The lowest BCUT2D eigenvalue weighted by molar-refractivity contribution is -0.176. The molecule has 2 unspecified atom stereocenters. The molecule has 0 saturated heterocycles. The summed E-state index contributed by atoms with van der Waals surface area (Å²) in [5.74, 6) is -8.88. The van der Waals surface area contributed by atoms with Crippen molar-refractivity contribution in [3.8, 4) is 0 Å². The largest absolute Gasteiger partial charge is 0.481 e. The lowest BCUT2D eigenvalue weighted by atomic mass is 9.80. The highest BCUT2D eigenvalue weighted by molar-refractivity contribution is 5.93. The van der Waals surface area contributed by atoms with E-state index in [0.717, 1.165) is 0 Å². The van der Waals surface area contributed by atoms with Crippen LogP contribution in [0.5, 0.6) is 0 Å². The molecule has 0 aliphatic rings. The van der Waals surface area contributed by atoms with E-state index in [2.05, 4.69) is 0 Å². The molecule has 3 aromatic carbocycles. The Hall–Kier alpha value is -4.76. The van der Waals surface area contributed by atoms with E-state index in [0.29, 0.717) is 22.8 Å². The van der Waals surface area contributed by atoms with Crippen molar-refractivity contribution in [2.24, 2.45) is 5.92 Å². The maximum Gasteiger partial charge on any atom is 0.337 e. The predicted molar refractivity (Wildman–Crippen MR) is 135 cm³/mol. The zero-order valence-electron chi connectivity index (χ0n) is 20.4. The first-order chi connectivity index (χ1) is 18.0. The van der Waals surface area contributed by atoms with Crippen LogP contribution in [0.25, 0.3) is 0 Å². The van der Waals surface area contributed by atoms with Crippen molar-refractivity contribution in [1.29, 1.82) is 0 Å². The van der Waals surface area contributed by atoms with Gasteiger partial charge in [0.2, 0.25) is 0 Å².